The zero-order valence-electron chi connectivity index (χ0n) is 9.97. The number of nitrogens with zero attached hydrogens (tertiary/aromatic N) is 1. The summed E-state index contributed by atoms with van der Waals surface area (Å²) in [6, 6.07) is 6.87. The number of hydrogen-bond donors (Lipinski definition) is 0. The fourth-order valence-corrected chi connectivity index (χ4v) is 1.83. The molecule has 1 aliphatic rings. The van der Waals surface area contributed by atoms with Crippen LogP contribution in [-0.2, 0) is 4.79 Å². The second-order valence-electron chi connectivity index (χ2n) is 4.24. The second kappa shape index (κ2) is 4.57. The fraction of sp³-hybridized carbons (Fsp3) is 0.385. The van der Waals surface area contributed by atoms with Gasteiger partial charge in [-0.2, -0.15) is 0 Å². The Morgan fingerprint density at radius 2 is 2.00 bits per heavy atom. The average Bonchev–Trinajstić information content (AvgIpc) is 2.62. The van der Waals surface area contributed by atoms with Crippen LogP contribution in [0, 0.1) is 0 Å². The lowest BCUT2D eigenvalue weighted by molar-refractivity contribution is -0.132. The molecule has 17 heavy (non-hydrogen) atoms. The molecule has 1 amide bonds. The fourth-order valence-electron chi connectivity index (χ4n) is 1.83. The highest BCUT2D eigenvalue weighted by Crippen LogP contribution is 2.19. The predicted molar refractivity (Wildman–Crippen MR) is 63.1 cm³/mol. The Morgan fingerprint density at radius 3 is 2.47 bits per heavy atom. The number of ketones is 1. The van der Waals surface area contributed by atoms with E-state index in [-0.39, 0.29) is 17.8 Å². The molecule has 0 spiro atoms. The van der Waals surface area contributed by atoms with Crippen molar-refractivity contribution in [1.29, 1.82) is 0 Å². The number of likely N-dealkylation sites (tertiary alicyclic amines) is 1. The zero-order valence-corrected chi connectivity index (χ0v) is 9.97. The van der Waals surface area contributed by atoms with Gasteiger partial charge >= 0.3 is 0 Å². The van der Waals surface area contributed by atoms with E-state index in [0.717, 1.165) is 6.54 Å². The SMILES string of the molecule is CC(=O)c1ccc(OC2CCN(C)C2=O)cc1. The summed E-state index contributed by atoms with van der Waals surface area (Å²) in [5.74, 6) is 0.664. The number of rotatable bonds is 3. The third-order valence-electron chi connectivity index (χ3n) is 2.92. The molecule has 0 radical (unpaired) electrons. The summed E-state index contributed by atoms with van der Waals surface area (Å²) < 4.78 is 5.59. The van der Waals surface area contributed by atoms with Crippen molar-refractivity contribution in [3.8, 4) is 5.75 Å². The number of benzene rings is 1. The van der Waals surface area contributed by atoms with Crippen LogP contribution in [0.1, 0.15) is 23.7 Å². The van der Waals surface area contributed by atoms with Gasteiger partial charge in [0.2, 0.25) is 0 Å². The quantitative estimate of drug-likeness (QED) is 0.743. The first kappa shape index (κ1) is 11.6. The van der Waals surface area contributed by atoms with E-state index >= 15 is 0 Å². The number of carbonyl (C=O) groups excluding carboxylic acids is 2. The van der Waals surface area contributed by atoms with Gasteiger partial charge in [-0.05, 0) is 31.2 Å². The van der Waals surface area contributed by atoms with Crippen molar-refractivity contribution in [3.63, 3.8) is 0 Å². The topological polar surface area (TPSA) is 46.6 Å². The zero-order chi connectivity index (χ0) is 12.4. The summed E-state index contributed by atoms with van der Waals surface area (Å²) in [5, 5.41) is 0. The Bertz CT molecular complexity index is 438. The Balaban J connectivity index is 2.04. The Hall–Kier alpha value is -1.84. The van der Waals surface area contributed by atoms with Gasteiger partial charge in [-0.15, -0.1) is 0 Å². The predicted octanol–water partition coefficient (Wildman–Crippen LogP) is 1.50. The van der Waals surface area contributed by atoms with Gasteiger partial charge < -0.3 is 9.64 Å². The minimum Gasteiger partial charge on any atom is -0.481 e. The lowest BCUT2D eigenvalue weighted by Crippen LogP contribution is -2.29. The van der Waals surface area contributed by atoms with Crippen LogP contribution in [0.2, 0.25) is 0 Å². The highest BCUT2D eigenvalue weighted by molar-refractivity contribution is 5.94. The van der Waals surface area contributed by atoms with Gasteiger partial charge in [0.05, 0.1) is 0 Å². The molecule has 4 heteroatoms. The van der Waals surface area contributed by atoms with Gasteiger partial charge in [-0.25, -0.2) is 0 Å². The lowest BCUT2D eigenvalue weighted by atomic mass is 10.1. The summed E-state index contributed by atoms with van der Waals surface area (Å²) in [7, 11) is 1.77. The normalized spacial score (nSPS) is 19.5. The molecule has 1 fully saturated rings. The summed E-state index contributed by atoms with van der Waals surface area (Å²) in [4.78, 5) is 24.4. The van der Waals surface area contributed by atoms with Crippen molar-refractivity contribution in [2.75, 3.05) is 13.6 Å². The second-order valence-corrected chi connectivity index (χ2v) is 4.24. The van der Waals surface area contributed by atoms with E-state index in [0.29, 0.717) is 17.7 Å². The third-order valence-corrected chi connectivity index (χ3v) is 2.92. The van der Waals surface area contributed by atoms with E-state index in [2.05, 4.69) is 0 Å². The van der Waals surface area contributed by atoms with Gasteiger partial charge in [0, 0.05) is 25.6 Å². The molecule has 0 bridgehead atoms. The Morgan fingerprint density at radius 1 is 1.35 bits per heavy atom. The van der Waals surface area contributed by atoms with E-state index in [4.69, 9.17) is 4.74 Å². The maximum Gasteiger partial charge on any atom is 0.263 e. The Kier molecular flexibility index (Phi) is 3.13. The van der Waals surface area contributed by atoms with Crippen molar-refractivity contribution in [3.05, 3.63) is 29.8 Å². The van der Waals surface area contributed by atoms with Gasteiger partial charge in [-0.1, -0.05) is 0 Å². The van der Waals surface area contributed by atoms with E-state index in [1.165, 1.54) is 6.92 Å². The molecule has 0 N–H and O–H groups in total. The molecular weight excluding hydrogens is 218 g/mol. The molecule has 0 saturated carbocycles. The maximum atomic E-state index is 11.6. The number of carbonyl (C=O) groups is 2. The van der Waals surface area contributed by atoms with Crippen LogP contribution in [0.5, 0.6) is 5.75 Å². The molecule has 1 aliphatic heterocycles. The van der Waals surface area contributed by atoms with E-state index < -0.39 is 0 Å². The molecule has 1 aromatic carbocycles. The van der Waals surface area contributed by atoms with E-state index in [9.17, 15) is 9.59 Å². The first-order valence-corrected chi connectivity index (χ1v) is 5.60. The summed E-state index contributed by atoms with van der Waals surface area (Å²) in [5.41, 5.74) is 0.646. The summed E-state index contributed by atoms with van der Waals surface area (Å²) in [6.07, 6.45) is 0.326. The van der Waals surface area contributed by atoms with Crippen molar-refractivity contribution in [2.45, 2.75) is 19.4 Å². The number of Topliss-reactive ketones (excluding diaryl/α,β-unsaturated/α-hetero) is 1. The van der Waals surface area contributed by atoms with Crippen LogP contribution in [-0.4, -0.2) is 36.3 Å². The molecule has 1 saturated heterocycles. The smallest absolute Gasteiger partial charge is 0.263 e. The van der Waals surface area contributed by atoms with Gasteiger partial charge in [0.15, 0.2) is 11.9 Å². The molecule has 0 aromatic heterocycles. The van der Waals surface area contributed by atoms with Crippen molar-refractivity contribution >= 4 is 11.7 Å². The molecule has 4 nitrogen and oxygen atoms in total. The monoisotopic (exact) mass is 233 g/mol. The molecule has 2 rings (SSSR count). The van der Waals surface area contributed by atoms with Crippen LogP contribution in [0.4, 0.5) is 0 Å². The standard InChI is InChI=1S/C13H15NO3/c1-9(15)10-3-5-11(6-4-10)17-12-7-8-14(2)13(12)16/h3-6,12H,7-8H2,1-2H3. The Labute approximate surface area is 100 Å². The number of amides is 1. The average molecular weight is 233 g/mol. The molecule has 90 valence electrons. The summed E-state index contributed by atoms with van der Waals surface area (Å²) in [6.45, 7) is 2.25. The van der Waals surface area contributed by atoms with Gasteiger partial charge in [-0.3, -0.25) is 9.59 Å². The van der Waals surface area contributed by atoms with Crippen LogP contribution in [0.25, 0.3) is 0 Å². The van der Waals surface area contributed by atoms with Crippen LogP contribution < -0.4 is 4.74 Å². The molecule has 1 unspecified atom stereocenters. The number of likely N-dealkylation sites (N-methyl/N-ethyl adjacent to an activating group) is 1. The third kappa shape index (κ3) is 2.46. The summed E-state index contributed by atoms with van der Waals surface area (Å²) >= 11 is 0. The van der Waals surface area contributed by atoms with Crippen molar-refractivity contribution in [1.82, 2.24) is 4.90 Å². The minimum absolute atomic E-state index is 0.0145. The highest BCUT2D eigenvalue weighted by Gasteiger charge is 2.30. The molecule has 1 aromatic rings. The van der Waals surface area contributed by atoms with E-state index in [1.54, 1.807) is 36.2 Å². The number of ether oxygens (including phenoxy) is 1. The first-order valence-electron chi connectivity index (χ1n) is 5.60. The molecule has 1 atom stereocenters. The minimum atomic E-state index is -0.386. The van der Waals surface area contributed by atoms with Crippen LogP contribution >= 0.6 is 0 Å². The van der Waals surface area contributed by atoms with Gasteiger partial charge in [0.25, 0.3) is 5.91 Å². The van der Waals surface area contributed by atoms with Gasteiger partial charge in [0.1, 0.15) is 5.75 Å². The largest absolute Gasteiger partial charge is 0.481 e. The molecule has 1 heterocycles. The highest BCUT2D eigenvalue weighted by atomic mass is 16.5. The van der Waals surface area contributed by atoms with E-state index in [1.807, 2.05) is 0 Å². The van der Waals surface area contributed by atoms with Crippen molar-refractivity contribution < 1.29 is 14.3 Å². The molecule has 0 aliphatic carbocycles. The first-order chi connectivity index (χ1) is 8.08. The van der Waals surface area contributed by atoms with Crippen LogP contribution in [0.3, 0.4) is 0 Å². The van der Waals surface area contributed by atoms with Crippen LogP contribution in [0.15, 0.2) is 24.3 Å². The maximum absolute atomic E-state index is 11.6. The lowest BCUT2D eigenvalue weighted by Gasteiger charge is -2.12. The van der Waals surface area contributed by atoms with Crippen molar-refractivity contribution in [2.24, 2.45) is 0 Å². The molecular formula is C13H15NO3. The number of hydrogen-bond acceptors (Lipinski definition) is 3.